The molecule has 13 rings (SSSR count). The van der Waals surface area contributed by atoms with Crippen molar-refractivity contribution in [3.8, 4) is 63.2 Å². The Morgan fingerprint density at radius 2 is 1.20 bits per heavy atom. The number of benzene rings is 7. The minimum atomic E-state index is -0.0499. The second-order valence-corrected chi connectivity index (χ2v) is 17.0. The minimum absolute atomic E-state index is 0.0165. The molecule has 3 aliphatic rings. The second-order valence-electron chi connectivity index (χ2n) is 17.0. The molecule has 3 aromatic heterocycles. The van der Waals surface area contributed by atoms with E-state index in [1.54, 1.807) is 0 Å². The van der Waals surface area contributed by atoms with Crippen molar-refractivity contribution in [2.24, 2.45) is 0 Å². The van der Waals surface area contributed by atoms with Crippen LogP contribution >= 0.6 is 0 Å². The van der Waals surface area contributed by atoms with E-state index in [1.807, 2.05) is 66.9 Å². The summed E-state index contributed by atoms with van der Waals surface area (Å²) >= 11 is 0. The van der Waals surface area contributed by atoms with Crippen molar-refractivity contribution in [2.45, 2.75) is 26.2 Å². The van der Waals surface area contributed by atoms with Gasteiger partial charge in [0, 0.05) is 39.4 Å². The zero-order valence-corrected chi connectivity index (χ0v) is 33.5. The van der Waals surface area contributed by atoms with E-state index in [4.69, 9.17) is 23.9 Å². The molecule has 0 bridgehead atoms. The van der Waals surface area contributed by atoms with Crippen molar-refractivity contribution < 1.29 is 23.5 Å². The van der Waals surface area contributed by atoms with Crippen LogP contribution in [-0.2, 0) is 5.41 Å². The van der Waals surface area contributed by atoms with Crippen LogP contribution in [-0.4, -0.2) is 20.8 Å². The highest BCUT2D eigenvalue weighted by atomic mass is 16.5. The summed E-state index contributed by atoms with van der Waals surface area (Å²) in [5, 5.41) is 2.31. The van der Waals surface area contributed by atoms with Gasteiger partial charge in [-0.1, -0.05) is 81.4 Å². The summed E-state index contributed by atoms with van der Waals surface area (Å²) in [6.45, 7) is 6.63. The number of aromatic nitrogens is 4. The zero-order valence-electron chi connectivity index (χ0n) is 33.5. The molecule has 3 aliphatic heterocycles. The molecule has 0 saturated heterocycles. The van der Waals surface area contributed by atoms with Gasteiger partial charge in [0.15, 0.2) is 0 Å². The second kappa shape index (κ2) is 12.4. The maximum atomic E-state index is 6.69. The predicted octanol–water partition coefficient (Wildman–Crippen LogP) is 10.1. The van der Waals surface area contributed by atoms with Crippen LogP contribution in [0.1, 0.15) is 26.3 Å². The quantitative estimate of drug-likeness (QED) is 0.0987. The third-order valence-corrected chi connectivity index (χ3v) is 12.3. The summed E-state index contributed by atoms with van der Waals surface area (Å²) in [4.78, 5) is 4.86. The van der Waals surface area contributed by atoms with Crippen LogP contribution in [0.5, 0.6) is 46.0 Å². The fraction of sp³-hybridized carbons (Fsp3) is 0.0769. The van der Waals surface area contributed by atoms with Crippen LogP contribution in [0.25, 0.3) is 50.0 Å². The van der Waals surface area contributed by atoms with Crippen LogP contribution in [0, 0.1) is 6.33 Å². The van der Waals surface area contributed by atoms with Gasteiger partial charge in [0.25, 0.3) is 13.0 Å². The number of imidazole rings is 1. The highest BCUT2D eigenvalue weighted by molar-refractivity contribution is 6.99. The van der Waals surface area contributed by atoms with Gasteiger partial charge in [-0.15, -0.1) is 0 Å². The maximum absolute atomic E-state index is 6.69. The molecule has 0 atom stereocenters. The molecule has 8 nitrogen and oxygen atoms in total. The molecule has 0 radical (unpaired) electrons. The Balaban J connectivity index is 0.894. The van der Waals surface area contributed by atoms with Crippen molar-refractivity contribution >= 4 is 55.9 Å². The summed E-state index contributed by atoms with van der Waals surface area (Å²) in [6, 6.07) is 51.7. The minimum Gasteiger partial charge on any atom is -0.459 e. The average molecular weight is 791 g/mol. The monoisotopic (exact) mass is 790 g/mol. The normalized spacial score (nSPS) is 13.2. The highest BCUT2D eigenvalue weighted by Crippen LogP contribution is 2.42. The van der Waals surface area contributed by atoms with Gasteiger partial charge in [-0.05, 0) is 95.9 Å². The first-order valence-corrected chi connectivity index (χ1v) is 20.5. The molecule has 290 valence electrons. The Hall–Kier alpha value is -7.78. The van der Waals surface area contributed by atoms with E-state index in [2.05, 4.69) is 132 Å². The molecule has 0 spiro atoms. The molecule has 7 aromatic carbocycles. The number of para-hydroxylation sites is 3. The predicted molar refractivity (Wildman–Crippen MR) is 239 cm³/mol. The Morgan fingerprint density at radius 1 is 0.574 bits per heavy atom. The number of hydrogen-bond donors (Lipinski definition) is 0. The van der Waals surface area contributed by atoms with Crippen LogP contribution in [0.3, 0.4) is 0 Å². The van der Waals surface area contributed by atoms with E-state index < -0.39 is 0 Å². The molecule has 0 fully saturated rings. The van der Waals surface area contributed by atoms with Gasteiger partial charge in [-0.25, -0.2) is 4.98 Å². The topological polar surface area (TPSA) is 63.6 Å². The van der Waals surface area contributed by atoms with Crippen molar-refractivity contribution in [1.29, 1.82) is 0 Å². The van der Waals surface area contributed by atoms with E-state index in [0.29, 0.717) is 5.75 Å². The van der Waals surface area contributed by atoms with E-state index in [1.165, 1.54) is 10.9 Å². The molecule has 0 unspecified atom stereocenters. The lowest BCUT2D eigenvalue weighted by Gasteiger charge is -2.37. The van der Waals surface area contributed by atoms with Gasteiger partial charge >= 0.3 is 0 Å². The van der Waals surface area contributed by atoms with Crippen molar-refractivity contribution in [1.82, 2.24) is 14.1 Å². The third kappa shape index (κ3) is 5.07. The number of ether oxygens (including phenoxy) is 4. The third-order valence-electron chi connectivity index (χ3n) is 12.3. The molecule has 0 saturated carbocycles. The molecule has 10 aromatic rings. The molecule has 0 aliphatic carbocycles. The molecular formula is C52H35BN4O4. The van der Waals surface area contributed by atoms with Gasteiger partial charge in [-0.3, -0.25) is 13.7 Å². The van der Waals surface area contributed by atoms with Gasteiger partial charge in [0.2, 0.25) is 0 Å². The number of pyridine rings is 1. The van der Waals surface area contributed by atoms with E-state index >= 15 is 0 Å². The number of nitrogens with zero attached hydrogens (tertiary/aromatic N) is 4. The van der Waals surface area contributed by atoms with Crippen molar-refractivity contribution in [2.75, 3.05) is 0 Å². The van der Waals surface area contributed by atoms with Crippen molar-refractivity contribution in [3.05, 3.63) is 170 Å². The summed E-state index contributed by atoms with van der Waals surface area (Å²) < 4.78 is 32.8. The number of hydrogen-bond acceptors (Lipinski definition) is 5. The number of rotatable bonds is 5. The highest BCUT2D eigenvalue weighted by Gasteiger charge is 2.46. The van der Waals surface area contributed by atoms with Crippen LogP contribution in [0.4, 0.5) is 0 Å². The lowest BCUT2D eigenvalue weighted by molar-refractivity contribution is -0.572. The largest absolute Gasteiger partial charge is 0.459 e. The van der Waals surface area contributed by atoms with E-state index in [-0.39, 0.29) is 12.1 Å². The first kappa shape index (κ1) is 34.1. The molecule has 6 heterocycles. The van der Waals surface area contributed by atoms with E-state index in [9.17, 15) is 0 Å². The van der Waals surface area contributed by atoms with Crippen molar-refractivity contribution in [3.63, 3.8) is 0 Å². The first-order valence-electron chi connectivity index (χ1n) is 20.5. The van der Waals surface area contributed by atoms with Gasteiger partial charge in [0.1, 0.15) is 51.8 Å². The first-order chi connectivity index (χ1) is 29.8. The smallest absolute Gasteiger partial charge is 0.270 e. The maximum Gasteiger partial charge on any atom is 0.270 e. The summed E-state index contributed by atoms with van der Waals surface area (Å²) in [6.07, 6.45) is 5.58. The lowest BCUT2D eigenvalue weighted by Crippen LogP contribution is -2.59. The van der Waals surface area contributed by atoms with Gasteiger partial charge in [-0.2, -0.15) is 0 Å². The molecule has 61 heavy (non-hydrogen) atoms. The zero-order chi connectivity index (χ0) is 40.6. The summed E-state index contributed by atoms with van der Waals surface area (Å²) in [5.41, 5.74) is 10.2. The molecule has 0 N–H and O–H groups in total. The Bertz CT molecular complexity index is 3430. The fourth-order valence-corrected chi connectivity index (χ4v) is 9.46. The fourth-order valence-electron chi connectivity index (χ4n) is 9.46. The van der Waals surface area contributed by atoms with Crippen LogP contribution < -0.4 is 39.9 Å². The lowest BCUT2D eigenvalue weighted by atomic mass is 9.34. The van der Waals surface area contributed by atoms with Gasteiger partial charge < -0.3 is 18.9 Å². The number of fused-ring (bicyclic) bond motifs is 4. The standard InChI is InChI=1S/C52H35BN4O4/c1-52(2,3)31-23-24-54-48(25-31)57-38-14-5-4-13-36(38)37-22-21-35(29-41(37)57)58-34-12-8-11-32(26-34)55-30-56(40-16-7-6-15-39(40)55)33-27-46-51-47(28-33)61-45-20-10-18-43-50(45)53(51)49-42(59-43)17-9-19-44(49)60-46/h4-29H,1-3H3. The average Bonchev–Trinajstić information content (AvgIpc) is 3.82. The summed E-state index contributed by atoms with van der Waals surface area (Å²) in [5.74, 6) is 7.04. The Kier molecular flexibility index (Phi) is 6.92. The van der Waals surface area contributed by atoms with Gasteiger partial charge in [0.05, 0.1) is 33.4 Å². The molecule has 0 amide bonds. The van der Waals surface area contributed by atoms with E-state index in [0.717, 1.165) is 101 Å². The SMILES string of the molecule is CC(C)(C)c1ccnc(-n2c3ccccc3c3ccc(Oc4cccc(-n5[c-][n+](-c6cc7c8c(c6)Oc6cccc9c6B8c6c(cccc6O7)O9)c6ccccc65)c4)cc32)c1. The molecular weight excluding hydrogens is 755 g/mol. The molecule has 9 heteroatoms. The Labute approximate surface area is 351 Å². The Morgan fingerprint density at radius 3 is 1.93 bits per heavy atom. The van der Waals surface area contributed by atoms with Crippen LogP contribution in [0.2, 0.25) is 0 Å². The summed E-state index contributed by atoms with van der Waals surface area (Å²) in [7, 11) is 0. The van der Waals surface area contributed by atoms with Crippen LogP contribution in [0.15, 0.2) is 158 Å².